The normalized spacial score (nSPS) is 14.8. The van der Waals surface area contributed by atoms with Crippen LogP contribution in [0.2, 0.25) is 0 Å². The molecule has 148 valence electrons. The van der Waals surface area contributed by atoms with Crippen LogP contribution >= 0.6 is 0 Å². The fraction of sp³-hybridized carbons (Fsp3) is 0.571. The highest BCUT2D eigenvalue weighted by molar-refractivity contribution is 5.84. The average molecular weight is 374 g/mol. The number of aryl methyl sites for hydroxylation is 2. The van der Waals surface area contributed by atoms with Crippen LogP contribution in [0.15, 0.2) is 24.3 Å². The molecular weight excluding hydrogens is 344 g/mol. The van der Waals surface area contributed by atoms with Crippen molar-refractivity contribution in [3.05, 3.63) is 35.4 Å². The number of amides is 2. The Morgan fingerprint density at radius 3 is 2.33 bits per heavy atom. The summed E-state index contributed by atoms with van der Waals surface area (Å²) in [5, 5.41) is 9.01. The molecule has 6 heteroatoms. The molecule has 1 aliphatic heterocycles. The molecule has 0 spiro atoms. The van der Waals surface area contributed by atoms with Crippen molar-refractivity contribution in [3.63, 3.8) is 0 Å². The van der Waals surface area contributed by atoms with Crippen molar-refractivity contribution in [2.24, 2.45) is 5.92 Å². The largest absolute Gasteiger partial charge is 0.481 e. The molecule has 1 aliphatic rings. The standard InChI is InChI=1S/C21H30N2O4/c1-16-7-9-17(10-8-16)5-3-4-6-19(24)22(2)15-20(25)23-13-11-18(12-14-23)21(26)27/h7-10,18H,3-6,11-15H2,1-2H3,(H,26,27). The molecule has 1 N–H and O–H groups in total. The predicted octanol–water partition coefficient (Wildman–Crippen LogP) is 2.49. The van der Waals surface area contributed by atoms with E-state index in [1.807, 2.05) is 0 Å². The summed E-state index contributed by atoms with van der Waals surface area (Å²) in [6, 6.07) is 8.43. The monoisotopic (exact) mass is 374 g/mol. The molecule has 0 atom stereocenters. The first-order valence-corrected chi connectivity index (χ1v) is 9.67. The maximum atomic E-state index is 12.3. The molecule has 2 amide bonds. The first-order chi connectivity index (χ1) is 12.9. The Labute approximate surface area is 161 Å². The first-order valence-electron chi connectivity index (χ1n) is 9.67. The van der Waals surface area contributed by atoms with Crippen LogP contribution < -0.4 is 0 Å². The maximum absolute atomic E-state index is 12.3. The van der Waals surface area contributed by atoms with Gasteiger partial charge < -0.3 is 14.9 Å². The molecule has 0 aliphatic carbocycles. The number of hydrogen-bond donors (Lipinski definition) is 1. The minimum Gasteiger partial charge on any atom is -0.481 e. The van der Waals surface area contributed by atoms with E-state index < -0.39 is 5.97 Å². The van der Waals surface area contributed by atoms with E-state index in [1.165, 1.54) is 16.0 Å². The number of carbonyl (C=O) groups is 3. The average Bonchev–Trinajstić information content (AvgIpc) is 2.66. The summed E-state index contributed by atoms with van der Waals surface area (Å²) in [4.78, 5) is 38.7. The molecule has 1 fully saturated rings. The first kappa shape index (κ1) is 20.9. The van der Waals surface area contributed by atoms with E-state index in [9.17, 15) is 14.4 Å². The summed E-state index contributed by atoms with van der Waals surface area (Å²) in [5.74, 6) is -1.27. The van der Waals surface area contributed by atoms with Crippen LogP contribution in [0.25, 0.3) is 0 Å². The number of piperidine rings is 1. The van der Waals surface area contributed by atoms with E-state index in [0.29, 0.717) is 32.4 Å². The van der Waals surface area contributed by atoms with Gasteiger partial charge >= 0.3 is 5.97 Å². The second-order valence-electron chi connectivity index (χ2n) is 7.44. The van der Waals surface area contributed by atoms with Crippen LogP contribution in [0.1, 0.15) is 43.2 Å². The Balaban J connectivity index is 1.65. The topological polar surface area (TPSA) is 77.9 Å². The lowest BCUT2D eigenvalue weighted by molar-refractivity contribution is -0.146. The molecule has 0 saturated carbocycles. The van der Waals surface area contributed by atoms with Crippen molar-refractivity contribution < 1.29 is 19.5 Å². The lowest BCUT2D eigenvalue weighted by atomic mass is 9.97. The van der Waals surface area contributed by atoms with Crippen LogP contribution in [-0.2, 0) is 20.8 Å². The Morgan fingerprint density at radius 1 is 1.11 bits per heavy atom. The summed E-state index contributed by atoms with van der Waals surface area (Å²) >= 11 is 0. The second kappa shape index (κ2) is 10.1. The number of nitrogens with zero attached hydrogens (tertiary/aromatic N) is 2. The molecule has 1 aromatic carbocycles. The van der Waals surface area contributed by atoms with E-state index in [0.717, 1.165) is 19.3 Å². The number of unbranched alkanes of at least 4 members (excludes halogenated alkanes) is 1. The summed E-state index contributed by atoms with van der Waals surface area (Å²) in [5.41, 5.74) is 2.52. The van der Waals surface area contributed by atoms with Gasteiger partial charge in [0.05, 0.1) is 12.5 Å². The smallest absolute Gasteiger partial charge is 0.306 e. The predicted molar refractivity (Wildman–Crippen MR) is 103 cm³/mol. The van der Waals surface area contributed by atoms with Gasteiger partial charge in [-0.25, -0.2) is 0 Å². The van der Waals surface area contributed by atoms with Crippen molar-refractivity contribution in [3.8, 4) is 0 Å². The van der Waals surface area contributed by atoms with Gasteiger partial charge in [-0.1, -0.05) is 29.8 Å². The van der Waals surface area contributed by atoms with Gasteiger partial charge in [-0.2, -0.15) is 0 Å². The number of carbonyl (C=O) groups excluding carboxylic acids is 2. The van der Waals surface area contributed by atoms with E-state index in [1.54, 1.807) is 11.9 Å². The van der Waals surface area contributed by atoms with Crippen LogP contribution in [0.4, 0.5) is 0 Å². The fourth-order valence-electron chi connectivity index (χ4n) is 3.32. The van der Waals surface area contributed by atoms with Gasteiger partial charge in [0.2, 0.25) is 11.8 Å². The van der Waals surface area contributed by atoms with E-state index in [2.05, 4.69) is 31.2 Å². The van der Waals surface area contributed by atoms with Crippen molar-refractivity contribution >= 4 is 17.8 Å². The minimum absolute atomic E-state index is 0.0207. The zero-order valence-electron chi connectivity index (χ0n) is 16.3. The number of carboxylic acid groups (broad SMARTS) is 1. The number of likely N-dealkylation sites (tertiary alicyclic amines) is 1. The zero-order chi connectivity index (χ0) is 19.8. The highest BCUT2D eigenvalue weighted by Gasteiger charge is 2.27. The third kappa shape index (κ3) is 6.70. The van der Waals surface area contributed by atoms with Crippen molar-refractivity contribution in [2.75, 3.05) is 26.7 Å². The minimum atomic E-state index is -0.792. The molecule has 1 saturated heterocycles. The van der Waals surface area contributed by atoms with Gasteiger partial charge in [-0.15, -0.1) is 0 Å². The molecule has 0 aromatic heterocycles. The Kier molecular flexibility index (Phi) is 7.82. The van der Waals surface area contributed by atoms with E-state index in [-0.39, 0.29) is 24.3 Å². The molecule has 1 heterocycles. The molecule has 0 radical (unpaired) electrons. The van der Waals surface area contributed by atoms with E-state index >= 15 is 0 Å². The summed E-state index contributed by atoms with van der Waals surface area (Å²) < 4.78 is 0. The van der Waals surface area contributed by atoms with Crippen LogP contribution in [0.5, 0.6) is 0 Å². The molecule has 27 heavy (non-hydrogen) atoms. The highest BCUT2D eigenvalue weighted by atomic mass is 16.4. The van der Waals surface area contributed by atoms with E-state index in [4.69, 9.17) is 5.11 Å². The Hall–Kier alpha value is -2.37. The third-order valence-corrected chi connectivity index (χ3v) is 5.22. The summed E-state index contributed by atoms with van der Waals surface area (Å²) in [6.45, 7) is 3.03. The van der Waals surface area contributed by atoms with Crippen LogP contribution in [-0.4, -0.2) is 59.4 Å². The highest BCUT2D eigenvalue weighted by Crippen LogP contribution is 2.17. The molecule has 0 unspecified atom stereocenters. The van der Waals surface area contributed by atoms with Gasteiger partial charge in [-0.3, -0.25) is 14.4 Å². The number of rotatable bonds is 8. The molecule has 0 bridgehead atoms. The zero-order valence-corrected chi connectivity index (χ0v) is 16.3. The number of carboxylic acids is 1. The Morgan fingerprint density at radius 2 is 1.74 bits per heavy atom. The van der Waals surface area contributed by atoms with Crippen LogP contribution in [0.3, 0.4) is 0 Å². The van der Waals surface area contributed by atoms with Gasteiger partial charge in [0.15, 0.2) is 0 Å². The lowest BCUT2D eigenvalue weighted by Gasteiger charge is -2.31. The second-order valence-corrected chi connectivity index (χ2v) is 7.44. The van der Waals surface area contributed by atoms with Gasteiger partial charge in [0.25, 0.3) is 0 Å². The van der Waals surface area contributed by atoms with Gasteiger partial charge in [0, 0.05) is 26.6 Å². The number of aliphatic carboxylic acids is 1. The lowest BCUT2D eigenvalue weighted by Crippen LogP contribution is -2.45. The van der Waals surface area contributed by atoms with Crippen LogP contribution in [0, 0.1) is 12.8 Å². The third-order valence-electron chi connectivity index (χ3n) is 5.22. The number of likely N-dealkylation sites (N-methyl/N-ethyl adjacent to an activating group) is 1. The Bertz CT molecular complexity index is 649. The quantitative estimate of drug-likeness (QED) is 0.709. The van der Waals surface area contributed by atoms with Gasteiger partial charge in [0.1, 0.15) is 0 Å². The molecule has 1 aromatic rings. The number of hydrogen-bond acceptors (Lipinski definition) is 3. The molecule has 2 rings (SSSR count). The number of benzene rings is 1. The van der Waals surface area contributed by atoms with Crippen molar-refractivity contribution in [2.45, 2.75) is 45.4 Å². The molecule has 6 nitrogen and oxygen atoms in total. The fourth-order valence-corrected chi connectivity index (χ4v) is 3.32. The van der Waals surface area contributed by atoms with Crippen molar-refractivity contribution in [1.29, 1.82) is 0 Å². The maximum Gasteiger partial charge on any atom is 0.306 e. The molecular formula is C21H30N2O4. The van der Waals surface area contributed by atoms with Crippen molar-refractivity contribution in [1.82, 2.24) is 9.80 Å². The summed E-state index contributed by atoms with van der Waals surface area (Å²) in [7, 11) is 1.66. The van der Waals surface area contributed by atoms with Gasteiger partial charge in [-0.05, 0) is 44.6 Å². The SMILES string of the molecule is Cc1ccc(CCCCC(=O)N(C)CC(=O)N2CCC(C(=O)O)CC2)cc1. The summed E-state index contributed by atoms with van der Waals surface area (Å²) in [6.07, 6.45) is 4.11.